The molecule has 98 heavy (non-hydrogen) atoms. The minimum Gasteiger partial charge on any atom is -0.507 e. The lowest BCUT2D eigenvalue weighted by Gasteiger charge is -2.36. The van der Waals surface area contributed by atoms with Crippen LogP contribution >= 0.6 is 0 Å². The van der Waals surface area contributed by atoms with E-state index in [0.29, 0.717) is 47.7 Å². The highest BCUT2D eigenvalue weighted by atomic mass is 16.3. The van der Waals surface area contributed by atoms with Crippen molar-refractivity contribution in [2.75, 3.05) is 39.6 Å². The Kier molecular flexibility index (Phi) is 34.0. The van der Waals surface area contributed by atoms with Crippen molar-refractivity contribution in [1.29, 1.82) is 0 Å². The molecule has 1 saturated carbocycles. The molecular formula is C86H124O12. The number of aromatic hydroxyl groups is 6. The third-order valence-electron chi connectivity index (χ3n) is 20.9. The van der Waals surface area contributed by atoms with Crippen molar-refractivity contribution in [3.05, 3.63) is 185 Å². The van der Waals surface area contributed by atoms with E-state index in [1.807, 2.05) is 65.8 Å². The number of phenolic OH excluding ortho intramolecular Hbond substituents is 6. The Bertz CT molecular complexity index is 3250. The number of aryl methyl sites for hydroxylation is 12. The predicted octanol–water partition coefficient (Wildman–Crippen LogP) is 17.8. The first-order valence-corrected chi connectivity index (χ1v) is 37.4. The minimum atomic E-state index is -0.106. The van der Waals surface area contributed by atoms with Crippen molar-refractivity contribution < 1.29 is 61.3 Å². The van der Waals surface area contributed by atoms with Gasteiger partial charge in [0.25, 0.3) is 0 Å². The molecule has 1 fully saturated rings. The summed E-state index contributed by atoms with van der Waals surface area (Å²) in [5.74, 6) is 2.67. The van der Waals surface area contributed by atoms with Crippen LogP contribution in [0.3, 0.4) is 0 Å². The van der Waals surface area contributed by atoms with Crippen LogP contribution in [-0.4, -0.2) is 101 Å². The first-order valence-electron chi connectivity index (χ1n) is 37.4. The van der Waals surface area contributed by atoms with E-state index in [4.69, 9.17) is 20.4 Å². The molecule has 2 unspecified atom stereocenters. The maximum Gasteiger partial charge on any atom is 0.122 e. The summed E-state index contributed by atoms with van der Waals surface area (Å²) in [7, 11) is 0. The average Bonchev–Trinajstić information content (AvgIpc) is 0.784. The molecule has 12 N–H and O–H groups in total. The van der Waals surface area contributed by atoms with Gasteiger partial charge < -0.3 is 61.3 Å². The SMILES string of the molecule is CC1=CC(C)C(C(c2cc(CCCCCO)cc(C)c2O)c2cc(CCCCCO)cc(C)c2O)CC1.CCCC(c1cc(CCCO)cc(C)c1O)c1cc(CCCO)cc(C)c1O.Cc1cc(CCCCO)cc(C(c2cc(CCCCO)cc(C)c2O)C2CCCCC2)c1O. The molecule has 0 aromatic heterocycles. The van der Waals surface area contributed by atoms with E-state index in [-0.39, 0.29) is 74.8 Å². The Hall–Kier alpha value is -6.38. The molecule has 6 aromatic rings. The highest BCUT2D eigenvalue weighted by Gasteiger charge is 2.36. The van der Waals surface area contributed by atoms with E-state index < -0.39 is 0 Å². The highest BCUT2D eigenvalue weighted by molar-refractivity contribution is 5.57. The summed E-state index contributed by atoms with van der Waals surface area (Å²) in [5, 5.41) is 122. The number of aliphatic hydroxyl groups excluding tert-OH is 6. The lowest BCUT2D eigenvalue weighted by molar-refractivity contribution is 0.283. The molecule has 12 nitrogen and oxygen atoms in total. The van der Waals surface area contributed by atoms with Crippen LogP contribution in [0.2, 0.25) is 0 Å². The van der Waals surface area contributed by atoms with Crippen LogP contribution in [0.5, 0.6) is 34.5 Å². The second-order valence-electron chi connectivity index (χ2n) is 29.0. The summed E-state index contributed by atoms with van der Waals surface area (Å²) >= 11 is 0. The molecule has 6 aromatic carbocycles. The number of hydrogen-bond donors (Lipinski definition) is 12. The topological polar surface area (TPSA) is 243 Å². The minimum absolute atomic E-state index is 0.0433. The zero-order chi connectivity index (χ0) is 71.4. The molecule has 0 aliphatic heterocycles. The summed E-state index contributed by atoms with van der Waals surface area (Å²) in [5.41, 5.74) is 18.9. The van der Waals surface area contributed by atoms with E-state index in [1.165, 1.54) is 47.1 Å². The van der Waals surface area contributed by atoms with Crippen LogP contribution in [-0.2, 0) is 38.5 Å². The number of hydrogen-bond acceptors (Lipinski definition) is 12. The Morgan fingerprint density at radius 2 is 0.622 bits per heavy atom. The quantitative estimate of drug-likeness (QED) is 0.0133. The van der Waals surface area contributed by atoms with Crippen LogP contribution in [0.1, 0.15) is 274 Å². The first-order chi connectivity index (χ1) is 47.1. The third-order valence-corrected chi connectivity index (χ3v) is 20.9. The van der Waals surface area contributed by atoms with Crippen molar-refractivity contribution in [3.63, 3.8) is 0 Å². The normalized spacial score (nSPS) is 15.0. The molecule has 2 aliphatic carbocycles. The fourth-order valence-electron chi connectivity index (χ4n) is 15.7. The van der Waals surface area contributed by atoms with Crippen LogP contribution in [0.4, 0.5) is 0 Å². The van der Waals surface area contributed by atoms with E-state index in [2.05, 4.69) is 75.4 Å². The van der Waals surface area contributed by atoms with E-state index in [0.717, 1.165) is 219 Å². The maximum atomic E-state index is 11.4. The van der Waals surface area contributed by atoms with Crippen LogP contribution in [0.25, 0.3) is 0 Å². The van der Waals surface area contributed by atoms with Crippen molar-refractivity contribution in [2.24, 2.45) is 17.8 Å². The number of rotatable bonds is 34. The molecule has 540 valence electrons. The summed E-state index contributed by atoms with van der Waals surface area (Å²) in [6.07, 6.45) is 27.4. The van der Waals surface area contributed by atoms with Gasteiger partial charge in [-0.1, -0.05) is 137 Å². The van der Waals surface area contributed by atoms with Gasteiger partial charge in [-0.15, -0.1) is 0 Å². The molecular weight excluding hydrogens is 1220 g/mol. The molecule has 0 bridgehead atoms. The predicted molar refractivity (Wildman–Crippen MR) is 400 cm³/mol. The smallest absolute Gasteiger partial charge is 0.122 e. The van der Waals surface area contributed by atoms with Crippen molar-refractivity contribution in [3.8, 4) is 34.5 Å². The van der Waals surface area contributed by atoms with Crippen LogP contribution < -0.4 is 0 Å². The zero-order valence-electron chi connectivity index (χ0n) is 61.2. The molecule has 8 rings (SSSR count). The average molecular weight is 1350 g/mol. The molecule has 2 aliphatic rings. The van der Waals surface area contributed by atoms with Gasteiger partial charge in [0.2, 0.25) is 0 Å². The Labute approximate surface area is 588 Å². The second kappa shape index (κ2) is 41.4. The Morgan fingerprint density at radius 3 is 0.939 bits per heavy atom. The molecule has 12 heteroatoms. The maximum absolute atomic E-state index is 11.4. The van der Waals surface area contributed by atoms with E-state index in [9.17, 15) is 40.9 Å². The summed E-state index contributed by atoms with van der Waals surface area (Å²) < 4.78 is 0. The summed E-state index contributed by atoms with van der Waals surface area (Å²) in [6.45, 7) is 19.4. The van der Waals surface area contributed by atoms with Crippen molar-refractivity contribution >= 4 is 0 Å². The highest BCUT2D eigenvalue weighted by Crippen LogP contribution is 2.51. The molecule has 0 radical (unpaired) electrons. The lowest BCUT2D eigenvalue weighted by Crippen LogP contribution is -2.24. The number of unbranched alkanes of at least 4 members (excludes halogenated alkanes) is 6. The third kappa shape index (κ3) is 22.8. The molecule has 0 amide bonds. The van der Waals surface area contributed by atoms with Gasteiger partial charge in [-0.25, -0.2) is 0 Å². The largest absolute Gasteiger partial charge is 0.507 e. The zero-order valence-corrected chi connectivity index (χ0v) is 61.2. The van der Waals surface area contributed by atoms with Crippen LogP contribution in [0, 0.1) is 59.3 Å². The number of allylic oxidation sites excluding steroid dienone is 2. The number of benzene rings is 6. The van der Waals surface area contributed by atoms with Gasteiger partial charge in [0.15, 0.2) is 0 Å². The number of aliphatic hydroxyl groups is 6. The van der Waals surface area contributed by atoms with Gasteiger partial charge in [0.1, 0.15) is 34.5 Å². The van der Waals surface area contributed by atoms with Crippen molar-refractivity contribution in [1.82, 2.24) is 0 Å². The second-order valence-corrected chi connectivity index (χ2v) is 29.0. The van der Waals surface area contributed by atoms with Gasteiger partial charge in [-0.3, -0.25) is 0 Å². The first kappa shape index (κ1) is 80.6. The summed E-state index contributed by atoms with van der Waals surface area (Å²) in [6, 6.07) is 24.9. The molecule has 0 saturated heterocycles. The number of phenols is 6. The standard InChI is InChI=1S/C33H48O4.C29H42O4.C24H34O4/c1-22-13-14-28(23(2)17-22)31(29-20-26(11-7-5-9-15-34)18-24(3)32(29)36)30-21-27(12-8-6-10-16-35)19-25(4)33(30)37;1-20-16-22(10-6-8-14-30)18-25(28(20)32)27(24-12-4-3-5-13-24)26-19-23(11-7-9-15-31)17-21(2)29(26)33;1-4-7-20(21-14-18(8-5-10-25)12-16(2)23(21)27)22-15-19(9-6-11-26)13-17(3)24(22)28/h17-21,23,28,31,34-37H,5-16H2,1-4H3;16-19,24,27,30-33H,3-15H2,1-2H3;12-15,20,25-28H,4-11H2,1-3H3. The fourth-order valence-corrected chi connectivity index (χ4v) is 15.7. The van der Waals surface area contributed by atoms with E-state index >= 15 is 0 Å². The van der Waals surface area contributed by atoms with Gasteiger partial charge in [0.05, 0.1) is 0 Å². The van der Waals surface area contributed by atoms with Gasteiger partial charge >= 0.3 is 0 Å². The monoisotopic (exact) mass is 1350 g/mol. The van der Waals surface area contributed by atoms with Crippen molar-refractivity contribution in [2.45, 2.75) is 253 Å². The van der Waals surface area contributed by atoms with Gasteiger partial charge in [0, 0.05) is 90.8 Å². The van der Waals surface area contributed by atoms with Gasteiger partial charge in [-0.2, -0.15) is 0 Å². The Balaban J connectivity index is 0.000000234. The molecule has 0 heterocycles. The fraction of sp³-hybridized carbons (Fsp3) is 0.558. The Morgan fingerprint density at radius 1 is 0.337 bits per heavy atom. The molecule has 0 spiro atoms. The molecule has 2 atom stereocenters. The van der Waals surface area contributed by atoms with Gasteiger partial charge in [-0.05, 0) is 268 Å². The lowest BCUT2D eigenvalue weighted by atomic mass is 9.68. The summed E-state index contributed by atoms with van der Waals surface area (Å²) in [4.78, 5) is 0. The van der Waals surface area contributed by atoms with E-state index in [1.54, 1.807) is 0 Å². The van der Waals surface area contributed by atoms with Crippen LogP contribution in [0.15, 0.2) is 84.4 Å².